The molecule has 0 aliphatic carbocycles. The Balaban J connectivity index is -0.0000000284. The zero-order valence-corrected chi connectivity index (χ0v) is 18.2. The average Bonchev–Trinajstić information content (AvgIpc) is 1.62. The van der Waals surface area contributed by atoms with Crippen molar-refractivity contribution in [3.63, 3.8) is 0 Å². The molecule has 0 fully saturated rings. The van der Waals surface area contributed by atoms with Crippen molar-refractivity contribution < 1.29 is 135 Å². The number of phosphoric acid groups is 4. The summed E-state index contributed by atoms with van der Waals surface area (Å²) < 4.78 is 34.2. The smallest absolute Gasteiger partial charge is 0.822 e. The Labute approximate surface area is 166 Å². The zero-order chi connectivity index (χ0) is 18.0. The molecule has 0 aliphatic heterocycles. The predicted octanol–water partition coefficient (Wildman–Crippen LogP) is -11.3. The van der Waals surface area contributed by atoms with Crippen molar-refractivity contribution in [2.45, 2.75) is 0 Å². The third-order valence-electron chi connectivity index (χ3n) is 0. The Morgan fingerprint density at radius 1 is 0.304 bits per heavy atom. The first-order valence-electron chi connectivity index (χ1n) is 2.92. The maximum atomic E-state index is 8.55. The van der Waals surface area contributed by atoms with E-state index in [1.165, 1.54) is 0 Å². The van der Waals surface area contributed by atoms with Crippen LogP contribution in [0.15, 0.2) is 0 Å². The first-order valence-corrected chi connectivity index (χ1v) is 8.76. The van der Waals surface area contributed by atoms with Gasteiger partial charge in [0.25, 0.3) is 0 Å². The summed E-state index contributed by atoms with van der Waals surface area (Å²) in [5, 5.41) is 0. The van der Waals surface area contributed by atoms with E-state index in [1.807, 2.05) is 0 Å². The molecular formula is O16P4Ru3. The van der Waals surface area contributed by atoms with Crippen LogP contribution in [0, 0.1) is 0 Å². The summed E-state index contributed by atoms with van der Waals surface area (Å²) in [5.74, 6) is 0. The van der Waals surface area contributed by atoms with Gasteiger partial charge in [-0.15, -0.1) is 0 Å². The molecule has 140 valence electrons. The molecule has 23 heavy (non-hydrogen) atoms. The minimum absolute atomic E-state index is 0. The SMILES string of the molecule is O=P([O-])([O-])[O-].O=P([O-])([O-])[O-].O=P([O-])([O-])[O-].O=P([O-])([O-])[O-].[Ru+4].[Ru+4].[Ru+4]. The van der Waals surface area contributed by atoms with Gasteiger partial charge in [0.05, 0.1) is 0 Å². The van der Waals surface area contributed by atoms with Crippen LogP contribution in [0.25, 0.3) is 0 Å². The largest absolute Gasteiger partial charge is 4.00 e. The fourth-order valence-corrected chi connectivity index (χ4v) is 0. The molecule has 0 heterocycles. The summed E-state index contributed by atoms with van der Waals surface area (Å²) >= 11 is 0. The second-order valence-corrected chi connectivity index (χ2v) is 5.37. The molecule has 0 rings (SSSR count). The second-order valence-electron chi connectivity index (χ2n) is 1.79. The first kappa shape index (κ1) is 44.6. The molecule has 16 nitrogen and oxygen atoms in total. The van der Waals surface area contributed by atoms with E-state index in [4.69, 9.17) is 77.0 Å². The first-order chi connectivity index (χ1) is 8.00. The molecule has 0 radical (unpaired) electrons. The standard InChI is InChI=1S/4H3O4P.3Ru/c4*1-5(2,3)4;;;/h4*(H3,1,2,3,4);;;/q;;;;3*+4/p-12. The molecule has 0 bridgehead atoms. The number of rotatable bonds is 0. The van der Waals surface area contributed by atoms with Crippen molar-refractivity contribution in [1.82, 2.24) is 0 Å². The molecule has 0 atom stereocenters. The van der Waals surface area contributed by atoms with Gasteiger partial charge in [0.2, 0.25) is 0 Å². The molecule has 0 unspecified atom stereocenters. The molecule has 0 spiro atoms. The van der Waals surface area contributed by atoms with Gasteiger partial charge in [-0.3, -0.25) is 0 Å². The number of hydrogen-bond acceptors (Lipinski definition) is 16. The average molecular weight is 683 g/mol. The van der Waals surface area contributed by atoms with Gasteiger partial charge >= 0.3 is 58.4 Å². The number of hydrogen-bond donors (Lipinski definition) is 0. The van der Waals surface area contributed by atoms with E-state index in [0.29, 0.717) is 0 Å². The van der Waals surface area contributed by atoms with E-state index >= 15 is 0 Å². The van der Waals surface area contributed by atoms with E-state index in [0.717, 1.165) is 0 Å². The summed E-state index contributed by atoms with van der Waals surface area (Å²) in [7, 11) is -21.6. The fraction of sp³-hybridized carbons (Fsp3) is 0. The van der Waals surface area contributed by atoms with E-state index in [9.17, 15) is 0 Å². The Hall–Kier alpha value is 2.31. The van der Waals surface area contributed by atoms with Crippen LogP contribution < -0.4 is 58.7 Å². The van der Waals surface area contributed by atoms with Crippen LogP contribution in [-0.2, 0) is 76.7 Å². The molecule has 0 aromatic carbocycles. The van der Waals surface area contributed by atoms with Gasteiger partial charge in [-0.1, -0.05) is 0 Å². The molecule has 0 aromatic rings. The summed E-state index contributed by atoms with van der Waals surface area (Å²) in [4.78, 5) is 103. The van der Waals surface area contributed by atoms with Crippen molar-refractivity contribution >= 4 is 31.3 Å². The topological polar surface area (TPSA) is 345 Å². The molecule has 0 saturated heterocycles. The third kappa shape index (κ3) is 2270. The Bertz CT molecular complexity index is 292. The minimum Gasteiger partial charge on any atom is -0.822 e. The quantitative estimate of drug-likeness (QED) is 0.169. The monoisotopic (exact) mass is 686 g/mol. The van der Waals surface area contributed by atoms with Gasteiger partial charge in [-0.2, -0.15) is 31.3 Å². The Kier molecular flexibility index (Phi) is 37.0. The van der Waals surface area contributed by atoms with Gasteiger partial charge in [-0.05, 0) is 0 Å². The van der Waals surface area contributed by atoms with Crippen molar-refractivity contribution in [2.75, 3.05) is 0 Å². The zero-order valence-electron chi connectivity index (χ0n) is 9.38. The van der Waals surface area contributed by atoms with E-state index in [-0.39, 0.29) is 58.4 Å². The Morgan fingerprint density at radius 3 is 0.304 bits per heavy atom. The van der Waals surface area contributed by atoms with Crippen LogP contribution in [0.1, 0.15) is 0 Å². The van der Waals surface area contributed by atoms with Crippen molar-refractivity contribution in [3.8, 4) is 0 Å². The van der Waals surface area contributed by atoms with Crippen LogP contribution in [0.5, 0.6) is 0 Å². The van der Waals surface area contributed by atoms with E-state index < -0.39 is 31.3 Å². The van der Waals surface area contributed by atoms with Crippen molar-refractivity contribution in [1.29, 1.82) is 0 Å². The molecule has 0 amide bonds. The van der Waals surface area contributed by atoms with Gasteiger partial charge in [0.15, 0.2) is 0 Å². The van der Waals surface area contributed by atoms with E-state index in [1.54, 1.807) is 0 Å². The maximum absolute atomic E-state index is 8.55. The summed E-state index contributed by atoms with van der Waals surface area (Å²) in [6.07, 6.45) is 0. The predicted molar refractivity (Wildman–Crippen MR) is 30.4 cm³/mol. The Morgan fingerprint density at radius 2 is 0.304 bits per heavy atom. The van der Waals surface area contributed by atoms with Crippen molar-refractivity contribution in [2.24, 2.45) is 0 Å². The van der Waals surface area contributed by atoms with Crippen LogP contribution in [-0.4, -0.2) is 0 Å². The van der Waals surface area contributed by atoms with Crippen LogP contribution in [0.4, 0.5) is 0 Å². The van der Waals surface area contributed by atoms with Crippen LogP contribution in [0.3, 0.4) is 0 Å². The molecule has 0 saturated carbocycles. The molecule has 0 N–H and O–H groups in total. The summed E-state index contributed by atoms with van der Waals surface area (Å²) in [6, 6.07) is 0. The normalized spacial score (nSPS) is 10.3. The molecule has 0 aromatic heterocycles. The minimum atomic E-state index is -5.39. The molecule has 23 heteroatoms. The fourth-order valence-electron chi connectivity index (χ4n) is 0. The third-order valence-corrected chi connectivity index (χ3v) is 0. The summed E-state index contributed by atoms with van der Waals surface area (Å²) in [5.41, 5.74) is 0. The van der Waals surface area contributed by atoms with Gasteiger partial charge < -0.3 is 77.0 Å². The van der Waals surface area contributed by atoms with Gasteiger partial charge in [0.1, 0.15) is 0 Å². The van der Waals surface area contributed by atoms with E-state index in [2.05, 4.69) is 0 Å². The van der Waals surface area contributed by atoms with Gasteiger partial charge in [0, 0.05) is 0 Å². The molecular weight excluding hydrogens is 683 g/mol. The molecule has 0 aliphatic rings. The second kappa shape index (κ2) is 19.1. The maximum Gasteiger partial charge on any atom is 4.00 e. The van der Waals surface area contributed by atoms with Gasteiger partial charge in [-0.25, -0.2) is 0 Å². The van der Waals surface area contributed by atoms with Crippen molar-refractivity contribution in [3.05, 3.63) is 0 Å². The van der Waals surface area contributed by atoms with Crippen LogP contribution in [0.2, 0.25) is 0 Å². The van der Waals surface area contributed by atoms with Crippen LogP contribution >= 0.6 is 31.3 Å². The summed E-state index contributed by atoms with van der Waals surface area (Å²) in [6.45, 7) is 0.